The number of aliphatic hydroxyl groups is 2. The maximum atomic E-state index is 13.2. The molecule has 2 aliphatic heterocycles. The van der Waals surface area contributed by atoms with E-state index in [2.05, 4.69) is 22.9 Å². The Morgan fingerprint density at radius 3 is 1.81 bits per heavy atom. The van der Waals surface area contributed by atoms with E-state index in [1.165, 1.54) is 27.7 Å². The van der Waals surface area contributed by atoms with Gasteiger partial charge in [-0.05, 0) is 34.1 Å². The number of ether oxygens (including phenoxy) is 4. The van der Waals surface area contributed by atoms with E-state index in [0.29, 0.717) is 0 Å². The zero-order chi connectivity index (χ0) is 27.3. The molecule has 4 unspecified atom stereocenters. The number of nitrogens with zero attached hydrogens (tertiary/aromatic N) is 1. The van der Waals surface area contributed by atoms with Crippen LogP contribution in [0.15, 0.2) is 0 Å². The molecule has 2 heterocycles. The number of nitrogens with one attached hydrogen (secondary N) is 2. The summed E-state index contributed by atoms with van der Waals surface area (Å²) in [6.45, 7) is 3.95. The van der Waals surface area contributed by atoms with E-state index < -0.39 is 85.0 Å². The SMILES string of the molecule is CC1(C)OC(C(=O)CO)C(C(=O)NCCCN(CC(=O)NS)C(=O)C2OC(C)(C)OC2C(=O)CO)O1. The highest BCUT2D eigenvalue weighted by atomic mass is 32.1. The van der Waals surface area contributed by atoms with Crippen LogP contribution in [0.5, 0.6) is 0 Å². The molecule has 0 bridgehead atoms. The summed E-state index contributed by atoms with van der Waals surface area (Å²) in [4.78, 5) is 62.8. The Morgan fingerprint density at radius 1 is 0.833 bits per heavy atom. The monoisotopic (exact) mass is 535 g/mol. The van der Waals surface area contributed by atoms with Gasteiger partial charge in [-0.2, -0.15) is 0 Å². The Balaban J connectivity index is 2.02. The zero-order valence-corrected chi connectivity index (χ0v) is 21.4. The van der Waals surface area contributed by atoms with Crippen LogP contribution in [-0.4, -0.2) is 113 Å². The molecule has 4 N–H and O–H groups in total. The predicted octanol–water partition coefficient (Wildman–Crippen LogP) is -2.55. The third-order valence-corrected chi connectivity index (χ3v) is 5.57. The molecule has 0 aliphatic carbocycles. The van der Waals surface area contributed by atoms with Crippen LogP contribution in [0, 0.1) is 0 Å². The van der Waals surface area contributed by atoms with Crippen LogP contribution in [0.25, 0.3) is 0 Å². The minimum atomic E-state index is -1.39. The molecule has 2 aliphatic rings. The Hall–Kier alpha value is -2.14. The number of carbonyl (C=O) groups excluding carboxylic acids is 5. The van der Waals surface area contributed by atoms with Gasteiger partial charge in [0.1, 0.15) is 19.8 Å². The second-order valence-electron chi connectivity index (χ2n) is 9.14. The van der Waals surface area contributed by atoms with Gasteiger partial charge in [0.2, 0.25) is 5.91 Å². The number of rotatable bonds is 12. The molecular formula is C21H33N3O11S. The van der Waals surface area contributed by atoms with Crippen molar-refractivity contribution in [2.75, 3.05) is 32.8 Å². The molecule has 0 aromatic rings. The number of hydrogen-bond acceptors (Lipinski definition) is 12. The largest absolute Gasteiger partial charge is 0.388 e. The smallest absolute Gasteiger partial charge is 0.255 e. The summed E-state index contributed by atoms with van der Waals surface area (Å²) in [5.74, 6) is -5.92. The van der Waals surface area contributed by atoms with E-state index in [0.717, 1.165) is 4.90 Å². The van der Waals surface area contributed by atoms with Crippen LogP contribution >= 0.6 is 12.8 Å². The Labute approximate surface area is 213 Å². The number of hydrogen-bond donors (Lipinski definition) is 5. The topological polar surface area (TPSA) is 190 Å². The molecule has 0 aromatic carbocycles. The minimum Gasteiger partial charge on any atom is -0.388 e. The molecule has 3 amide bonds. The van der Waals surface area contributed by atoms with Crippen molar-refractivity contribution in [2.45, 2.75) is 70.1 Å². The van der Waals surface area contributed by atoms with Crippen LogP contribution in [0.1, 0.15) is 34.1 Å². The fraction of sp³-hybridized carbons (Fsp3) is 0.762. The Kier molecular flexibility index (Phi) is 10.4. The molecule has 15 heteroatoms. The van der Waals surface area contributed by atoms with Gasteiger partial charge in [-0.25, -0.2) is 0 Å². The van der Waals surface area contributed by atoms with Crippen molar-refractivity contribution in [3.05, 3.63) is 0 Å². The van der Waals surface area contributed by atoms with Crippen molar-refractivity contribution < 1.29 is 53.1 Å². The van der Waals surface area contributed by atoms with Gasteiger partial charge in [0.25, 0.3) is 11.8 Å². The van der Waals surface area contributed by atoms with Crippen molar-refractivity contribution in [3.63, 3.8) is 0 Å². The van der Waals surface area contributed by atoms with E-state index in [9.17, 15) is 29.1 Å². The number of Topliss-reactive ketones (excluding diaryl/α,β-unsaturated/α-hetero) is 2. The lowest BCUT2D eigenvalue weighted by atomic mass is 10.1. The second-order valence-corrected chi connectivity index (χ2v) is 9.37. The van der Waals surface area contributed by atoms with E-state index in [1.807, 2.05) is 0 Å². The van der Waals surface area contributed by atoms with Crippen molar-refractivity contribution in [2.24, 2.45) is 0 Å². The number of thiol groups is 1. The first-order chi connectivity index (χ1) is 16.7. The summed E-state index contributed by atoms with van der Waals surface area (Å²) in [5.41, 5.74) is 0. The van der Waals surface area contributed by atoms with E-state index in [1.54, 1.807) is 0 Å². The quantitative estimate of drug-likeness (QED) is 0.131. The molecule has 204 valence electrons. The maximum Gasteiger partial charge on any atom is 0.255 e. The van der Waals surface area contributed by atoms with E-state index in [4.69, 9.17) is 24.1 Å². The maximum absolute atomic E-state index is 13.2. The van der Waals surface area contributed by atoms with Crippen LogP contribution in [0.2, 0.25) is 0 Å². The zero-order valence-electron chi connectivity index (χ0n) is 20.5. The summed E-state index contributed by atoms with van der Waals surface area (Å²) in [6.07, 6.45) is -5.13. The van der Waals surface area contributed by atoms with Gasteiger partial charge in [0.05, 0.1) is 0 Å². The molecule has 36 heavy (non-hydrogen) atoms. The van der Waals surface area contributed by atoms with Crippen LogP contribution in [-0.2, 0) is 42.9 Å². The number of ketones is 2. The highest BCUT2D eigenvalue weighted by Crippen LogP contribution is 2.30. The third kappa shape index (κ3) is 7.68. The molecule has 0 saturated carbocycles. The van der Waals surface area contributed by atoms with Crippen molar-refractivity contribution in [1.82, 2.24) is 14.9 Å². The first-order valence-corrected chi connectivity index (χ1v) is 11.7. The van der Waals surface area contributed by atoms with Crippen LogP contribution in [0.4, 0.5) is 0 Å². The van der Waals surface area contributed by atoms with Gasteiger partial charge >= 0.3 is 0 Å². The Bertz CT molecular complexity index is 866. The fourth-order valence-electron chi connectivity index (χ4n) is 3.78. The fourth-order valence-corrected chi connectivity index (χ4v) is 3.85. The van der Waals surface area contributed by atoms with Gasteiger partial charge < -0.3 is 44.1 Å². The highest BCUT2D eigenvalue weighted by molar-refractivity contribution is 7.78. The first kappa shape index (κ1) is 30.1. The predicted molar refractivity (Wildman–Crippen MR) is 123 cm³/mol. The van der Waals surface area contributed by atoms with E-state index in [-0.39, 0.29) is 19.5 Å². The summed E-state index contributed by atoms with van der Waals surface area (Å²) in [7, 11) is 0. The lowest BCUT2D eigenvalue weighted by Gasteiger charge is -2.26. The van der Waals surface area contributed by atoms with Crippen molar-refractivity contribution in [1.29, 1.82) is 0 Å². The minimum absolute atomic E-state index is 0.0257. The molecule has 0 spiro atoms. The van der Waals surface area contributed by atoms with E-state index >= 15 is 0 Å². The average Bonchev–Trinajstić information content (AvgIpc) is 3.34. The molecule has 0 aromatic heterocycles. The van der Waals surface area contributed by atoms with Gasteiger partial charge in [0, 0.05) is 13.1 Å². The molecule has 0 radical (unpaired) electrons. The third-order valence-electron chi connectivity index (χ3n) is 5.32. The summed E-state index contributed by atoms with van der Waals surface area (Å²) in [6, 6.07) is 0. The molecule has 2 rings (SSSR count). The van der Waals surface area contributed by atoms with Crippen LogP contribution < -0.4 is 10.0 Å². The standard InChI is InChI=1S/C21H33N3O11S/c1-20(2)32-14(11(27)9-25)16(34-20)18(30)22-6-5-7-24(8-13(29)23-36)19(31)17-15(12(28)10-26)33-21(3,4)35-17/h14-17,25-26,36H,5-10H2,1-4H3,(H,22,30)(H,23,29). The van der Waals surface area contributed by atoms with Crippen molar-refractivity contribution >= 4 is 42.1 Å². The molecule has 4 atom stereocenters. The van der Waals surface area contributed by atoms with Gasteiger partial charge in [-0.1, -0.05) is 12.8 Å². The normalized spacial score (nSPS) is 26.3. The van der Waals surface area contributed by atoms with Crippen LogP contribution in [0.3, 0.4) is 0 Å². The molecule has 2 saturated heterocycles. The average molecular weight is 536 g/mol. The molecule has 14 nitrogen and oxygen atoms in total. The lowest BCUT2D eigenvalue weighted by molar-refractivity contribution is -0.163. The number of amides is 3. The van der Waals surface area contributed by atoms with Gasteiger partial charge in [0.15, 0.2) is 47.6 Å². The number of aliphatic hydroxyl groups excluding tert-OH is 2. The molecule has 2 fully saturated rings. The molecular weight excluding hydrogens is 502 g/mol. The van der Waals surface area contributed by atoms with Gasteiger partial charge in [-0.3, -0.25) is 24.0 Å². The van der Waals surface area contributed by atoms with Gasteiger partial charge in [-0.15, -0.1) is 0 Å². The lowest BCUT2D eigenvalue weighted by Crippen LogP contribution is -2.50. The Morgan fingerprint density at radius 2 is 1.31 bits per heavy atom. The number of carbonyl (C=O) groups is 5. The second kappa shape index (κ2) is 12.4. The van der Waals surface area contributed by atoms with Crippen molar-refractivity contribution in [3.8, 4) is 0 Å². The summed E-state index contributed by atoms with van der Waals surface area (Å²) < 4.78 is 24.0. The highest BCUT2D eigenvalue weighted by Gasteiger charge is 2.50. The first-order valence-electron chi connectivity index (χ1n) is 11.2. The summed E-state index contributed by atoms with van der Waals surface area (Å²) >= 11 is 3.69. The summed E-state index contributed by atoms with van der Waals surface area (Å²) in [5, 5.41) is 20.9.